The van der Waals surface area contributed by atoms with E-state index in [-0.39, 0.29) is 0 Å². The molecule has 1 aromatic carbocycles. The van der Waals surface area contributed by atoms with Crippen LogP contribution >= 0.6 is 0 Å². The Morgan fingerprint density at radius 1 is 1.29 bits per heavy atom. The average Bonchev–Trinajstić information content (AvgIpc) is 2.56. The SMILES string of the molecule is CC/C=N\C(=NC)Nc1cc(N)c(N(C)CCN(C)C)cc1OC. The largest absolute Gasteiger partial charge is 0.494 e. The summed E-state index contributed by atoms with van der Waals surface area (Å²) in [4.78, 5) is 12.6. The maximum absolute atomic E-state index is 6.24. The lowest BCUT2D eigenvalue weighted by Crippen LogP contribution is -2.29. The molecule has 0 bridgehead atoms. The third-order valence-electron chi connectivity index (χ3n) is 3.50. The van der Waals surface area contributed by atoms with E-state index >= 15 is 0 Å². The van der Waals surface area contributed by atoms with E-state index in [1.165, 1.54) is 0 Å². The number of nitrogens with zero attached hydrogens (tertiary/aromatic N) is 4. The Hall–Kier alpha value is -2.28. The number of guanidine groups is 1. The van der Waals surface area contributed by atoms with Crippen LogP contribution in [0, 0.1) is 0 Å². The zero-order valence-corrected chi connectivity index (χ0v) is 15.6. The third kappa shape index (κ3) is 5.73. The topological polar surface area (TPSA) is 78.5 Å². The maximum Gasteiger partial charge on any atom is 0.221 e. The van der Waals surface area contributed by atoms with Crippen LogP contribution in [0.25, 0.3) is 0 Å². The van der Waals surface area contributed by atoms with Crippen LogP contribution in [0.2, 0.25) is 0 Å². The molecule has 0 radical (unpaired) electrons. The second kappa shape index (κ2) is 9.77. The van der Waals surface area contributed by atoms with Crippen LogP contribution in [0.1, 0.15) is 13.3 Å². The lowest BCUT2D eigenvalue weighted by Gasteiger charge is -2.24. The summed E-state index contributed by atoms with van der Waals surface area (Å²) in [5, 5.41) is 3.16. The zero-order valence-electron chi connectivity index (χ0n) is 15.6. The molecule has 0 aromatic heterocycles. The first-order valence-corrected chi connectivity index (χ1v) is 8.02. The van der Waals surface area contributed by atoms with Gasteiger partial charge in [0.15, 0.2) is 0 Å². The summed E-state index contributed by atoms with van der Waals surface area (Å²) in [5.74, 6) is 1.21. The molecular weight excluding hydrogens is 304 g/mol. The van der Waals surface area contributed by atoms with Gasteiger partial charge in [-0.1, -0.05) is 6.92 Å². The minimum absolute atomic E-state index is 0.517. The van der Waals surface area contributed by atoms with Crippen LogP contribution in [-0.2, 0) is 0 Å². The highest BCUT2D eigenvalue weighted by atomic mass is 16.5. The van der Waals surface area contributed by atoms with Gasteiger partial charge in [0.05, 0.1) is 24.2 Å². The van der Waals surface area contributed by atoms with Gasteiger partial charge in [0.1, 0.15) is 5.75 Å². The normalized spacial score (nSPS) is 12.0. The summed E-state index contributed by atoms with van der Waals surface area (Å²) in [7, 11) is 9.44. The molecule has 1 rings (SSSR count). The summed E-state index contributed by atoms with van der Waals surface area (Å²) >= 11 is 0. The average molecular weight is 334 g/mol. The van der Waals surface area contributed by atoms with Gasteiger partial charge < -0.3 is 25.6 Å². The van der Waals surface area contributed by atoms with Crippen molar-refractivity contribution in [2.75, 3.05) is 64.3 Å². The number of nitrogens with one attached hydrogen (secondary N) is 1. The summed E-state index contributed by atoms with van der Waals surface area (Å²) < 4.78 is 5.50. The van der Waals surface area contributed by atoms with E-state index in [4.69, 9.17) is 10.5 Å². The molecule has 24 heavy (non-hydrogen) atoms. The number of anilines is 3. The Balaban J connectivity index is 3.04. The van der Waals surface area contributed by atoms with Crippen molar-refractivity contribution >= 4 is 29.2 Å². The molecule has 134 valence electrons. The molecule has 0 amide bonds. The van der Waals surface area contributed by atoms with Gasteiger partial charge in [-0.3, -0.25) is 4.99 Å². The van der Waals surface area contributed by atoms with Gasteiger partial charge in [0.2, 0.25) is 5.96 Å². The summed E-state index contributed by atoms with van der Waals surface area (Å²) in [6.07, 6.45) is 2.64. The van der Waals surface area contributed by atoms with Gasteiger partial charge in [0, 0.05) is 39.5 Å². The first-order valence-electron chi connectivity index (χ1n) is 8.02. The van der Waals surface area contributed by atoms with Gasteiger partial charge >= 0.3 is 0 Å². The molecule has 0 saturated heterocycles. The van der Waals surface area contributed by atoms with Gasteiger partial charge in [-0.2, -0.15) is 0 Å². The van der Waals surface area contributed by atoms with E-state index in [9.17, 15) is 0 Å². The molecule has 0 heterocycles. The number of methoxy groups -OCH3 is 1. The molecule has 0 saturated carbocycles. The fourth-order valence-corrected chi connectivity index (χ4v) is 2.10. The number of nitrogens with two attached hydrogens (primary N) is 1. The molecule has 7 heteroatoms. The Morgan fingerprint density at radius 3 is 2.54 bits per heavy atom. The Labute approximate surface area is 145 Å². The highest BCUT2D eigenvalue weighted by molar-refractivity contribution is 6.00. The smallest absolute Gasteiger partial charge is 0.221 e. The molecule has 7 nitrogen and oxygen atoms in total. The lowest BCUT2D eigenvalue weighted by atomic mass is 10.2. The van der Waals surface area contributed by atoms with Crippen LogP contribution in [0.3, 0.4) is 0 Å². The summed E-state index contributed by atoms with van der Waals surface area (Å²) in [6.45, 7) is 3.83. The fourth-order valence-electron chi connectivity index (χ4n) is 2.10. The number of benzene rings is 1. The maximum atomic E-state index is 6.24. The molecule has 0 aliphatic heterocycles. The van der Waals surface area contributed by atoms with Crippen LogP contribution < -0.4 is 20.7 Å². The standard InChI is InChI=1S/C17H30N6O/c1-7-8-20-17(19-2)21-14-11-13(18)15(12-16(14)24-6)23(5)10-9-22(3)4/h8,11-12H,7,9-10,18H2,1-6H3,(H,19,21)/b20-8-. The van der Waals surface area contributed by atoms with E-state index < -0.39 is 0 Å². The van der Waals surface area contributed by atoms with Gasteiger partial charge in [-0.15, -0.1) is 0 Å². The van der Waals surface area contributed by atoms with Crippen molar-refractivity contribution in [2.24, 2.45) is 9.98 Å². The van der Waals surface area contributed by atoms with E-state index in [1.807, 2.05) is 40.2 Å². The number of likely N-dealkylation sites (N-methyl/N-ethyl adjacent to an activating group) is 2. The van der Waals surface area contributed by atoms with E-state index in [2.05, 4.69) is 25.1 Å². The monoisotopic (exact) mass is 334 g/mol. The van der Waals surface area contributed by atoms with Crippen molar-refractivity contribution in [3.8, 4) is 5.75 Å². The number of aliphatic imine (C=N–C) groups is 2. The van der Waals surface area contributed by atoms with E-state index in [0.717, 1.165) is 30.9 Å². The second-order valence-corrected chi connectivity index (χ2v) is 5.73. The Morgan fingerprint density at radius 2 is 2.00 bits per heavy atom. The lowest BCUT2D eigenvalue weighted by molar-refractivity contribution is 0.413. The molecule has 0 atom stereocenters. The van der Waals surface area contributed by atoms with Crippen molar-refractivity contribution < 1.29 is 4.74 Å². The molecule has 0 aliphatic carbocycles. The first kappa shape index (κ1) is 19.8. The van der Waals surface area contributed by atoms with Crippen molar-refractivity contribution in [2.45, 2.75) is 13.3 Å². The minimum atomic E-state index is 0.517. The van der Waals surface area contributed by atoms with E-state index in [1.54, 1.807) is 20.4 Å². The number of hydrogen-bond acceptors (Lipinski definition) is 5. The molecule has 1 aromatic rings. The third-order valence-corrected chi connectivity index (χ3v) is 3.50. The number of ether oxygens (including phenoxy) is 1. The van der Waals surface area contributed by atoms with Crippen molar-refractivity contribution in [1.29, 1.82) is 0 Å². The van der Waals surface area contributed by atoms with Crippen molar-refractivity contribution in [3.05, 3.63) is 12.1 Å². The Bertz CT molecular complexity index is 583. The fraction of sp³-hybridized carbons (Fsp3) is 0.529. The van der Waals surface area contributed by atoms with Gasteiger partial charge in [0.25, 0.3) is 0 Å². The molecule has 3 N–H and O–H groups in total. The van der Waals surface area contributed by atoms with Crippen molar-refractivity contribution in [1.82, 2.24) is 4.90 Å². The molecule has 0 spiro atoms. The van der Waals surface area contributed by atoms with Gasteiger partial charge in [-0.25, -0.2) is 4.99 Å². The van der Waals surface area contributed by atoms with Crippen molar-refractivity contribution in [3.63, 3.8) is 0 Å². The second-order valence-electron chi connectivity index (χ2n) is 5.73. The summed E-state index contributed by atoms with van der Waals surface area (Å²) in [6, 6.07) is 3.79. The molecule has 0 unspecified atom stereocenters. The van der Waals surface area contributed by atoms with Crippen LogP contribution in [0.15, 0.2) is 22.1 Å². The highest BCUT2D eigenvalue weighted by Crippen LogP contribution is 2.35. The van der Waals surface area contributed by atoms with E-state index in [0.29, 0.717) is 17.4 Å². The van der Waals surface area contributed by atoms with Crippen LogP contribution in [0.5, 0.6) is 5.75 Å². The number of hydrogen-bond donors (Lipinski definition) is 2. The molecule has 0 fully saturated rings. The predicted molar refractivity (Wildman–Crippen MR) is 105 cm³/mol. The quantitative estimate of drug-likeness (QED) is 0.454. The van der Waals surface area contributed by atoms with Crippen LogP contribution in [-0.4, -0.2) is 65.5 Å². The molecule has 0 aliphatic rings. The highest BCUT2D eigenvalue weighted by Gasteiger charge is 2.13. The number of nitrogen functional groups attached to an aromatic ring is 1. The summed E-state index contributed by atoms with van der Waals surface area (Å²) in [5.41, 5.74) is 8.60. The van der Waals surface area contributed by atoms with Gasteiger partial charge in [-0.05, 0) is 26.6 Å². The van der Waals surface area contributed by atoms with Crippen LogP contribution in [0.4, 0.5) is 17.1 Å². The predicted octanol–water partition coefficient (Wildman–Crippen LogP) is 2.15. The first-order chi connectivity index (χ1) is 11.4. The zero-order chi connectivity index (χ0) is 18.1. The number of rotatable bonds is 7. The minimum Gasteiger partial charge on any atom is -0.494 e. The molecular formula is C17H30N6O. The Kier molecular flexibility index (Phi) is 8.05.